The first-order valence-electron chi connectivity index (χ1n) is 8.73. The molecule has 0 spiro atoms. The molecule has 1 aliphatic rings. The molecule has 1 fully saturated rings. The summed E-state index contributed by atoms with van der Waals surface area (Å²) in [5.74, 6) is -2.00. The van der Waals surface area contributed by atoms with Crippen LogP contribution in [-0.4, -0.2) is 51.7 Å². The zero-order valence-electron chi connectivity index (χ0n) is 16.6. The van der Waals surface area contributed by atoms with Crippen LogP contribution < -0.4 is 4.90 Å². The first-order valence-corrected chi connectivity index (χ1v) is 9.14. The third-order valence-corrected chi connectivity index (χ3v) is 4.79. The van der Waals surface area contributed by atoms with Gasteiger partial charge in [-0.15, -0.1) is 0 Å². The number of anilines is 1. The van der Waals surface area contributed by atoms with Crippen molar-refractivity contribution >= 4 is 40.9 Å². The minimum Gasteiger partial charge on any atom is -0.428 e. The highest BCUT2D eigenvalue weighted by Gasteiger charge is 2.50. The molecule has 0 unspecified atom stereocenters. The van der Waals surface area contributed by atoms with Gasteiger partial charge in [0.25, 0.3) is 5.91 Å². The molecule has 166 valence electrons. The number of rotatable bonds is 6. The second-order valence-electron chi connectivity index (χ2n) is 6.85. The number of amides is 1. The van der Waals surface area contributed by atoms with E-state index in [0.29, 0.717) is 6.07 Å². The van der Waals surface area contributed by atoms with Crippen LogP contribution >= 0.6 is 12.2 Å². The molecule has 2 rings (SSSR count). The lowest BCUT2D eigenvalue weighted by Gasteiger charge is -2.28. The van der Waals surface area contributed by atoms with E-state index in [0.717, 1.165) is 18.0 Å². The molecule has 1 saturated heterocycles. The summed E-state index contributed by atoms with van der Waals surface area (Å²) in [6, 6.07) is 1.99. The largest absolute Gasteiger partial charge is 0.428 e. The van der Waals surface area contributed by atoms with E-state index in [-0.39, 0.29) is 23.8 Å². The van der Waals surface area contributed by atoms with Crippen molar-refractivity contribution in [3.8, 4) is 6.07 Å². The molecule has 31 heavy (non-hydrogen) atoms. The van der Waals surface area contributed by atoms with Crippen LogP contribution in [0.1, 0.15) is 38.4 Å². The number of alkyl halides is 3. The van der Waals surface area contributed by atoms with E-state index >= 15 is 0 Å². The molecule has 0 saturated carbocycles. The highest BCUT2D eigenvalue weighted by Crippen LogP contribution is 2.37. The van der Waals surface area contributed by atoms with Gasteiger partial charge in [-0.2, -0.15) is 18.4 Å². The van der Waals surface area contributed by atoms with E-state index in [1.165, 1.54) is 24.8 Å². The number of carbonyl (C=O) groups excluding carboxylic acids is 3. The van der Waals surface area contributed by atoms with Crippen molar-refractivity contribution in [1.29, 1.82) is 5.26 Å². The lowest BCUT2D eigenvalue weighted by atomic mass is 10.0. The SMILES string of the molecule is CC(=O)OCOC(=O)CCN1C(=S)N(c2cnc(C#N)c(C(F)(F)F)c2)C(=O)C1(C)C. The molecule has 0 aliphatic carbocycles. The minimum atomic E-state index is -4.86. The maximum atomic E-state index is 13.3. The molecule has 13 heteroatoms. The molecule has 0 atom stereocenters. The van der Waals surface area contributed by atoms with Crippen LogP contribution in [0.25, 0.3) is 0 Å². The Morgan fingerprint density at radius 2 is 1.97 bits per heavy atom. The van der Waals surface area contributed by atoms with Crippen LogP contribution in [0.15, 0.2) is 12.3 Å². The fourth-order valence-corrected chi connectivity index (χ4v) is 3.28. The van der Waals surface area contributed by atoms with Gasteiger partial charge in [-0.1, -0.05) is 0 Å². The van der Waals surface area contributed by atoms with Crippen molar-refractivity contribution in [2.75, 3.05) is 18.2 Å². The topological polar surface area (TPSA) is 113 Å². The first-order chi connectivity index (χ1) is 14.3. The molecule has 1 aromatic rings. The van der Waals surface area contributed by atoms with Crippen molar-refractivity contribution in [2.24, 2.45) is 0 Å². The van der Waals surface area contributed by atoms with Crippen LogP contribution in [0.4, 0.5) is 18.9 Å². The Bertz CT molecular complexity index is 974. The standard InChI is InChI=1S/C18H17F3N4O5S/c1-10(26)29-9-30-14(27)4-5-24-16(31)25(15(28)17(24,2)3)11-6-12(18(19,20)21)13(7-22)23-8-11/h6,8H,4-5,9H2,1-3H3. The molecule has 0 radical (unpaired) electrons. The number of nitriles is 1. The third kappa shape index (κ3) is 5.08. The lowest BCUT2D eigenvalue weighted by molar-refractivity contribution is -0.165. The van der Waals surface area contributed by atoms with Crippen LogP contribution in [-0.2, 0) is 30.0 Å². The predicted molar refractivity (Wildman–Crippen MR) is 102 cm³/mol. The Morgan fingerprint density at radius 1 is 1.32 bits per heavy atom. The Hall–Kier alpha value is -3.27. The van der Waals surface area contributed by atoms with E-state index in [4.69, 9.17) is 22.2 Å². The molecule has 1 amide bonds. The predicted octanol–water partition coefficient (Wildman–Crippen LogP) is 2.14. The van der Waals surface area contributed by atoms with Gasteiger partial charge in [0, 0.05) is 13.5 Å². The average molecular weight is 458 g/mol. The molecule has 1 aromatic heterocycles. The Balaban J connectivity index is 2.24. The van der Waals surface area contributed by atoms with E-state index in [1.54, 1.807) is 0 Å². The average Bonchev–Trinajstić information content (AvgIpc) is 2.83. The van der Waals surface area contributed by atoms with Crippen molar-refractivity contribution in [1.82, 2.24) is 9.88 Å². The zero-order chi connectivity index (χ0) is 23.6. The van der Waals surface area contributed by atoms with Gasteiger partial charge in [0.2, 0.25) is 6.79 Å². The molecule has 0 aromatic carbocycles. The molecule has 9 nitrogen and oxygen atoms in total. The second-order valence-corrected chi connectivity index (χ2v) is 7.22. The van der Waals surface area contributed by atoms with Gasteiger partial charge in [-0.25, -0.2) is 4.98 Å². The number of pyridine rings is 1. The smallest absolute Gasteiger partial charge is 0.419 e. The van der Waals surface area contributed by atoms with E-state index < -0.39 is 47.6 Å². The number of aromatic nitrogens is 1. The van der Waals surface area contributed by atoms with Crippen molar-refractivity contribution < 1.29 is 37.0 Å². The van der Waals surface area contributed by atoms with Gasteiger partial charge in [0.05, 0.1) is 23.9 Å². The Kier molecular flexibility index (Phi) is 6.85. The summed E-state index contributed by atoms with van der Waals surface area (Å²) in [7, 11) is 0. The van der Waals surface area contributed by atoms with E-state index in [2.05, 4.69) is 9.72 Å². The van der Waals surface area contributed by atoms with E-state index in [1.807, 2.05) is 0 Å². The van der Waals surface area contributed by atoms with Crippen LogP contribution in [0.2, 0.25) is 0 Å². The van der Waals surface area contributed by atoms with Gasteiger partial charge in [0.1, 0.15) is 11.6 Å². The summed E-state index contributed by atoms with van der Waals surface area (Å²) in [5, 5.41) is 8.75. The summed E-state index contributed by atoms with van der Waals surface area (Å²) in [4.78, 5) is 41.1. The summed E-state index contributed by atoms with van der Waals surface area (Å²) in [5.41, 5.74) is -3.66. The number of halogens is 3. The van der Waals surface area contributed by atoms with Gasteiger partial charge in [0.15, 0.2) is 10.8 Å². The van der Waals surface area contributed by atoms with Crippen molar-refractivity contribution in [2.45, 2.75) is 38.9 Å². The second kappa shape index (κ2) is 8.84. The van der Waals surface area contributed by atoms with Crippen molar-refractivity contribution in [3.05, 3.63) is 23.5 Å². The Morgan fingerprint density at radius 3 is 2.52 bits per heavy atom. The van der Waals surface area contributed by atoms with Crippen molar-refractivity contribution in [3.63, 3.8) is 0 Å². The first kappa shape index (κ1) is 24.0. The number of nitrogens with zero attached hydrogens (tertiary/aromatic N) is 4. The molecule has 1 aliphatic heterocycles. The summed E-state index contributed by atoms with van der Waals surface area (Å²) >= 11 is 5.28. The zero-order valence-corrected chi connectivity index (χ0v) is 17.5. The number of hydrogen-bond acceptors (Lipinski definition) is 8. The summed E-state index contributed by atoms with van der Waals surface area (Å²) in [6.45, 7) is 3.48. The van der Waals surface area contributed by atoms with Gasteiger partial charge in [-0.3, -0.25) is 19.3 Å². The number of ether oxygens (including phenoxy) is 2. The molecular weight excluding hydrogens is 441 g/mol. The van der Waals surface area contributed by atoms with Crippen LogP contribution in [0.3, 0.4) is 0 Å². The van der Waals surface area contributed by atoms with E-state index in [9.17, 15) is 27.6 Å². The molecule has 0 bridgehead atoms. The molecule has 2 heterocycles. The molecular formula is C18H17F3N4O5S. The van der Waals surface area contributed by atoms with Gasteiger partial charge in [-0.05, 0) is 32.1 Å². The quantitative estimate of drug-likeness (QED) is 0.359. The number of thiocarbonyl (C=S) groups is 1. The lowest BCUT2D eigenvalue weighted by Crippen LogP contribution is -2.45. The summed E-state index contributed by atoms with van der Waals surface area (Å²) in [6.07, 6.45) is -4.14. The maximum absolute atomic E-state index is 13.3. The molecule has 0 N–H and O–H groups in total. The normalized spacial score (nSPS) is 15.6. The fourth-order valence-electron chi connectivity index (χ4n) is 2.77. The monoisotopic (exact) mass is 458 g/mol. The third-order valence-electron chi connectivity index (χ3n) is 4.39. The van der Waals surface area contributed by atoms with Gasteiger partial charge < -0.3 is 14.4 Å². The Labute approximate surface area is 180 Å². The highest BCUT2D eigenvalue weighted by molar-refractivity contribution is 7.80. The maximum Gasteiger partial charge on any atom is 0.419 e. The van der Waals surface area contributed by atoms with Crippen LogP contribution in [0.5, 0.6) is 0 Å². The number of esters is 2. The van der Waals surface area contributed by atoms with Gasteiger partial charge >= 0.3 is 18.1 Å². The highest BCUT2D eigenvalue weighted by atomic mass is 32.1. The minimum absolute atomic E-state index is 0.0805. The summed E-state index contributed by atoms with van der Waals surface area (Å²) < 4.78 is 49.0. The van der Waals surface area contributed by atoms with Crippen LogP contribution in [0, 0.1) is 11.3 Å². The number of hydrogen-bond donors (Lipinski definition) is 0. The number of carbonyl (C=O) groups is 3. The fraction of sp³-hybridized carbons (Fsp3) is 0.444.